The van der Waals surface area contributed by atoms with Crippen LogP contribution in [0.1, 0.15) is 55.3 Å². The highest BCUT2D eigenvalue weighted by Gasteiger charge is 2.58. The lowest BCUT2D eigenvalue weighted by molar-refractivity contribution is -0.257. The van der Waals surface area contributed by atoms with Gasteiger partial charge in [-0.1, -0.05) is 6.42 Å². The SMILES string of the molecule is O=C(O)[C@@H]1C[C@H](F)CN1C(=O)c1ccc(N2CCCC(CC3(C(F)(F)F)CCC3)C2)cc1. The zero-order valence-electron chi connectivity index (χ0n) is 17.8. The second-order valence-electron chi connectivity index (χ2n) is 9.48. The molecule has 3 fully saturated rings. The molecule has 2 heterocycles. The molecule has 0 radical (unpaired) electrons. The molecule has 32 heavy (non-hydrogen) atoms. The van der Waals surface area contributed by atoms with Gasteiger partial charge in [-0.15, -0.1) is 0 Å². The van der Waals surface area contributed by atoms with Gasteiger partial charge in [0.2, 0.25) is 0 Å². The Hall–Kier alpha value is -2.32. The Labute approximate surface area is 184 Å². The topological polar surface area (TPSA) is 60.9 Å². The van der Waals surface area contributed by atoms with Gasteiger partial charge in [0, 0.05) is 30.8 Å². The maximum absolute atomic E-state index is 13.7. The summed E-state index contributed by atoms with van der Waals surface area (Å²) in [4.78, 5) is 27.2. The quantitative estimate of drug-likeness (QED) is 0.655. The summed E-state index contributed by atoms with van der Waals surface area (Å²) in [5, 5.41) is 9.25. The normalized spacial score (nSPS) is 27.8. The van der Waals surface area contributed by atoms with Gasteiger partial charge in [-0.25, -0.2) is 9.18 Å². The fourth-order valence-corrected chi connectivity index (χ4v) is 5.45. The number of aliphatic carboxylic acids is 1. The van der Waals surface area contributed by atoms with Crippen molar-refractivity contribution in [2.45, 2.75) is 63.3 Å². The molecule has 1 unspecified atom stereocenters. The number of likely N-dealkylation sites (tertiary alicyclic amines) is 1. The van der Waals surface area contributed by atoms with Crippen molar-refractivity contribution >= 4 is 17.6 Å². The summed E-state index contributed by atoms with van der Waals surface area (Å²) >= 11 is 0. The summed E-state index contributed by atoms with van der Waals surface area (Å²) in [6.07, 6.45) is -2.90. The number of alkyl halides is 4. The highest BCUT2D eigenvalue weighted by atomic mass is 19.4. The Kier molecular flexibility index (Phi) is 6.11. The molecule has 1 N–H and O–H groups in total. The molecule has 1 saturated carbocycles. The molecule has 0 spiro atoms. The first kappa shape index (κ1) is 22.9. The van der Waals surface area contributed by atoms with E-state index in [0.29, 0.717) is 13.0 Å². The predicted octanol–water partition coefficient (Wildman–Crippen LogP) is 4.66. The number of rotatable bonds is 5. The number of benzene rings is 1. The monoisotopic (exact) mass is 456 g/mol. The molecule has 2 saturated heterocycles. The zero-order chi connectivity index (χ0) is 23.1. The van der Waals surface area contributed by atoms with Crippen LogP contribution < -0.4 is 4.90 Å². The van der Waals surface area contributed by atoms with Crippen LogP contribution in [-0.4, -0.2) is 59.9 Å². The maximum atomic E-state index is 13.7. The smallest absolute Gasteiger partial charge is 0.394 e. The van der Waals surface area contributed by atoms with Crippen molar-refractivity contribution in [2.75, 3.05) is 24.5 Å². The van der Waals surface area contributed by atoms with Gasteiger partial charge in [-0.3, -0.25) is 4.79 Å². The van der Waals surface area contributed by atoms with E-state index in [1.54, 1.807) is 24.3 Å². The third kappa shape index (κ3) is 4.30. The standard InChI is InChI=1S/C23H28F4N2O3/c24-17-11-19(21(31)32)29(14-17)20(30)16-4-6-18(7-5-16)28-10-1-3-15(13-28)12-22(8-2-9-22)23(25,26)27/h4-7,15,17,19H,1-3,8-14H2,(H,31,32)/t15?,17-,19-/m0/s1. The lowest BCUT2D eigenvalue weighted by atomic mass is 9.63. The van der Waals surface area contributed by atoms with Crippen LogP contribution >= 0.6 is 0 Å². The number of hydrogen-bond acceptors (Lipinski definition) is 3. The molecular weight excluding hydrogens is 428 g/mol. The van der Waals surface area contributed by atoms with Crippen molar-refractivity contribution in [3.05, 3.63) is 29.8 Å². The number of carbonyl (C=O) groups excluding carboxylic acids is 1. The molecule has 4 rings (SSSR count). The molecule has 3 atom stereocenters. The number of nitrogens with zero attached hydrogens (tertiary/aromatic N) is 2. The Balaban J connectivity index is 1.41. The molecule has 1 aliphatic carbocycles. The van der Waals surface area contributed by atoms with Crippen LogP contribution in [0, 0.1) is 11.3 Å². The molecule has 0 bridgehead atoms. The summed E-state index contributed by atoms with van der Waals surface area (Å²) in [5.74, 6) is -1.79. The number of amides is 1. The number of piperidine rings is 1. The third-order valence-corrected chi connectivity index (χ3v) is 7.39. The van der Waals surface area contributed by atoms with Crippen LogP contribution in [0.5, 0.6) is 0 Å². The van der Waals surface area contributed by atoms with E-state index in [2.05, 4.69) is 4.90 Å². The van der Waals surface area contributed by atoms with Crippen LogP contribution in [-0.2, 0) is 4.79 Å². The Bertz CT molecular complexity index is 854. The summed E-state index contributed by atoms with van der Waals surface area (Å²) < 4.78 is 54.4. The second kappa shape index (κ2) is 8.56. The maximum Gasteiger partial charge on any atom is 0.394 e. The van der Waals surface area contributed by atoms with Crippen LogP contribution in [0.25, 0.3) is 0 Å². The largest absolute Gasteiger partial charge is 0.480 e. The average molecular weight is 456 g/mol. The van der Waals surface area contributed by atoms with Crippen molar-refractivity contribution in [1.29, 1.82) is 0 Å². The number of hydrogen-bond donors (Lipinski definition) is 1. The van der Waals surface area contributed by atoms with Crippen LogP contribution in [0.15, 0.2) is 24.3 Å². The van der Waals surface area contributed by atoms with E-state index >= 15 is 0 Å². The molecule has 1 amide bonds. The molecule has 9 heteroatoms. The first-order valence-electron chi connectivity index (χ1n) is 11.2. The summed E-state index contributed by atoms with van der Waals surface area (Å²) in [5.41, 5.74) is -0.435. The number of carboxylic acid groups (broad SMARTS) is 1. The number of halogens is 4. The van der Waals surface area contributed by atoms with Gasteiger partial charge in [-0.05, 0) is 62.3 Å². The van der Waals surface area contributed by atoms with Crippen molar-refractivity contribution in [3.63, 3.8) is 0 Å². The number of carboxylic acids is 1. The van der Waals surface area contributed by atoms with E-state index in [1.165, 1.54) is 0 Å². The summed E-state index contributed by atoms with van der Waals surface area (Å²) in [6, 6.07) is 5.45. The van der Waals surface area contributed by atoms with Crippen LogP contribution in [0.3, 0.4) is 0 Å². The van der Waals surface area contributed by atoms with Crippen molar-refractivity contribution in [2.24, 2.45) is 11.3 Å². The molecule has 1 aromatic rings. The van der Waals surface area contributed by atoms with E-state index in [1.807, 2.05) is 0 Å². The summed E-state index contributed by atoms with van der Waals surface area (Å²) in [6.45, 7) is 1.04. The molecule has 5 nitrogen and oxygen atoms in total. The van der Waals surface area contributed by atoms with Gasteiger partial charge in [-0.2, -0.15) is 13.2 Å². The lowest BCUT2D eigenvalue weighted by Gasteiger charge is -2.47. The molecule has 0 aromatic heterocycles. The van der Waals surface area contributed by atoms with E-state index in [0.717, 1.165) is 30.0 Å². The van der Waals surface area contributed by atoms with Crippen LogP contribution in [0.2, 0.25) is 0 Å². The zero-order valence-corrected chi connectivity index (χ0v) is 17.8. The highest BCUT2D eigenvalue weighted by molar-refractivity contribution is 5.97. The molecular formula is C23H28F4N2O3. The fourth-order valence-electron chi connectivity index (χ4n) is 5.45. The minimum absolute atomic E-state index is 0.0330. The van der Waals surface area contributed by atoms with Gasteiger partial charge in [0.1, 0.15) is 12.2 Å². The number of anilines is 1. The van der Waals surface area contributed by atoms with Crippen LogP contribution in [0.4, 0.5) is 23.2 Å². The fraction of sp³-hybridized carbons (Fsp3) is 0.652. The molecule has 3 aliphatic rings. The minimum Gasteiger partial charge on any atom is -0.480 e. The van der Waals surface area contributed by atoms with Crippen molar-refractivity contribution in [3.8, 4) is 0 Å². The average Bonchev–Trinajstić information content (AvgIpc) is 3.11. The predicted molar refractivity (Wildman–Crippen MR) is 110 cm³/mol. The van der Waals surface area contributed by atoms with E-state index in [9.17, 15) is 32.3 Å². The Morgan fingerprint density at radius 2 is 1.78 bits per heavy atom. The van der Waals surface area contributed by atoms with Gasteiger partial charge in [0.05, 0.1) is 12.0 Å². The first-order chi connectivity index (χ1) is 15.1. The number of carbonyl (C=O) groups is 2. The lowest BCUT2D eigenvalue weighted by Crippen LogP contribution is -2.47. The molecule has 176 valence electrons. The van der Waals surface area contributed by atoms with Gasteiger partial charge >= 0.3 is 12.1 Å². The van der Waals surface area contributed by atoms with Crippen molar-refractivity contribution in [1.82, 2.24) is 4.90 Å². The first-order valence-corrected chi connectivity index (χ1v) is 11.2. The molecule has 1 aromatic carbocycles. The van der Waals surface area contributed by atoms with E-state index in [-0.39, 0.29) is 43.7 Å². The van der Waals surface area contributed by atoms with Gasteiger partial charge in [0.15, 0.2) is 0 Å². The highest BCUT2D eigenvalue weighted by Crippen LogP contribution is 2.57. The third-order valence-electron chi connectivity index (χ3n) is 7.39. The second-order valence-corrected chi connectivity index (χ2v) is 9.48. The van der Waals surface area contributed by atoms with E-state index in [4.69, 9.17) is 0 Å². The Morgan fingerprint density at radius 3 is 2.34 bits per heavy atom. The summed E-state index contributed by atoms with van der Waals surface area (Å²) in [7, 11) is 0. The van der Waals surface area contributed by atoms with E-state index < -0.39 is 35.7 Å². The van der Waals surface area contributed by atoms with Gasteiger partial charge in [0.25, 0.3) is 5.91 Å². The Morgan fingerprint density at radius 1 is 1.09 bits per heavy atom. The molecule has 2 aliphatic heterocycles. The minimum atomic E-state index is -4.16. The van der Waals surface area contributed by atoms with Crippen molar-refractivity contribution < 1.29 is 32.3 Å². The van der Waals surface area contributed by atoms with Gasteiger partial charge < -0.3 is 14.9 Å².